The van der Waals surface area contributed by atoms with E-state index in [0.29, 0.717) is 0 Å². The minimum atomic E-state index is -1.63. The molecule has 0 bridgehead atoms. The van der Waals surface area contributed by atoms with Crippen LogP contribution in [0.25, 0.3) is 0 Å². The average molecular weight is 273 g/mol. The lowest BCUT2D eigenvalue weighted by molar-refractivity contribution is -0.134. The molecule has 1 amide bonds. The molecule has 1 aliphatic rings. The maximum absolute atomic E-state index is 13.0. The second-order valence-electron chi connectivity index (χ2n) is 5.95. The number of carboxylic acid groups (broad SMARTS) is 1. The van der Waals surface area contributed by atoms with Gasteiger partial charge in [0.2, 0.25) is 5.83 Å². The second-order valence-corrected chi connectivity index (χ2v) is 5.95. The van der Waals surface area contributed by atoms with Crippen molar-refractivity contribution in [2.45, 2.75) is 51.7 Å². The number of amides is 1. The summed E-state index contributed by atoms with van der Waals surface area (Å²) in [6.07, 6.45) is 1.93. The van der Waals surface area contributed by atoms with E-state index in [9.17, 15) is 14.0 Å². The number of aliphatic carboxylic acids is 1. The van der Waals surface area contributed by atoms with Crippen molar-refractivity contribution in [1.82, 2.24) is 4.90 Å². The molecule has 5 nitrogen and oxygen atoms in total. The van der Waals surface area contributed by atoms with Crippen molar-refractivity contribution in [3.8, 4) is 0 Å². The van der Waals surface area contributed by atoms with Crippen molar-refractivity contribution in [2.75, 3.05) is 6.54 Å². The second kappa shape index (κ2) is 5.19. The molecular formula is C13H20FNO4. The van der Waals surface area contributed by atoms with Gasteiger partial charge < -0.3 is 9.84 Å². The first-order valence-corrected chi connectivity index (χ1v) is 6.15. The highest BCUT2D eigenvalue weighted by Gasteiger charge is 2.46. The number of nitrogens with zero attached hydrogens (tertiary/aromatic N) is 1. The molecule has 0 saturated heterocycles. The third kappa shape index (κ3) is 4.54. The standard InChI is InChI=1S/C13H20FNO4/c1-12(2,3)19-11(18)15(13(4)6-7-13)8-5-9(14)10(16)17/h5H,6-8H2,1-4H3,(H,16,17)/b9-5-. The van der Waals surface area contributed by atoms with Gasteiger partial charge in [0.1, 0.15) is 5.60 Å². The zero-order chi connectivity index (χ0) is 14.8. The molecule has 19 heavy (non-hydrogen) atoms. The Morgan fingerprint density at radius 3 is 2.32 bits per heavy atom. The molecule has 0 heterocycles. The summed E-state index contributed by atoms with van der Waals surface area (Å²) in [5, 5.41) is 8.46. The van der Waals surface area contributed by atoms with Crippen LogP contribution < -0.4 is 0 Å². The minimum absolute atomic E-state index is 0.108. The molecule has 0 aromatic rings. The molecule has 1 fully saturated rings. The van der Waals surface area contributed by atoms with Gasteiger partial charge >= 0.3 is 12.1 Å². The smallest absolute Gasteiger partial charge is 0.411 e. The van der Waals surface area contributed by atoms with Gasteiger partial charge in [-0.25, -0.2) is 9.59 Å². The SMILES string of the molecule is CC(C)(C)OC(=O)N(C/C=C(\F)C(=O)O)C1(C)CC1. The maximum atomic E-state index is 13.0. The van der Waals surface area contributed by atoms with E-state index >= 15 is 0 Å². The van der Waals surface area contributed by atoms with E-state index in [4.69, 9.17) is 9.84 Å². The van der Waals surface area contributed by atoms with Crippen molar-refractivity contribution in [3.05, 3.63) is 11.9 Å². The summed E-state index contributed by atoms with van der Waals surface area (Å²) in [4.78, 5) is 23.8. The van der Waals surface area contributed by atoms with Crippen LogP contribution in [-0.4, -0.2) is 39.8 Å². The molecule has 1 rings (SSSR count). The van der Waals surface area contributed by atoms with Crippen LogP contribution in [-0.2, 0) is 9.53 Å². The topological polar surface area (TPSA) is 66.8 Å². The zero-order valence-electron chi connectivity index (χ0n) is 11.7. The predicted molar refractivity (Wildman–Crippen MR) is 67.4 cm³/mol. The van der Waals surface area contributed by atoms with Gasteiger partial charge in [0, 0.05) is 12.1 Å². The van der Waals surface area contributed by atoms with Gasteiger partial charge in [-0.2, -0.15) is 4.39 Å². The Morgan fingerprint density at radius 1 is 1.42 bits per heavy atom. The average Bonchev–Trinajstić information content (AvgIpc) is 2.94. The quantitative estimate of drug-likeness (QED) is 0.800. The fraction of sp³-hybridized carbons (Fsp3) is 0.692. The van der Waals surface area contributed by atoms with Crippen LogP contribution in [0.3, 0.4) is 0 Å². The lowest BCUT2D eigenvalue weighted by atomic mass is 10.2. The van der Waals surface area contributed by atoms with Crippen molar-refractivity contribution in [3.63, 3.8) is 0 Å². The molecule has 0 aliphatic heterocycles. The van der Waals surface area contributed by atoms with Crippen LogP contribution in [0.2, 0.25) is 0 Å². The highest BCUT2D eigenvalue weighted by atomic mass is 19.1. The zero-order valence-corrected chi connectivity index (χ0v) is 11.7. The lowest BCUT2D eigenvalue weighted by Crippen LogP contribution is -2.43. The van der Waals surface area contributed by atoms with Gasteiger partial charge in [-0.05, 0) is 46.6 Å². The number of hydrogen-bond acceptors (Lipinski definition) is 3. The molecule has 0 unspecified atom stereocenters. The lowest BCUT2D eigenvalue weighted by Gasteiger charge is -2.31. The van der Waals surface area contributed by atoms with E-state index in [1.165, 1.54) is 4.90 Å². The Morgan fingerprint density at radius 2 is 1.95 bits per heavy atom. The Kier molecular flexibility index (Phi) is 4.22. The first-order valence-electron chi connectivity index (χ1n) is 6.15. The van der Waals surface area contributed by atoms with E-state index in [-0.39, 0.29) is 12.1 Å². The largest absolute Gasteiger partial charge is 0.476 e. The van der Waals surface area contributed by atoms with Gasteiger partial charge in [0.25, 0.3) is 0 Å². The van der Waals surface area contributed by atoms with E-state index in [1.807, 2.05) is 6.92 Å². The Hall–Kier alpha value is -1.59. The number of halogens is 1. The van der Waals surface area contributed by atoms with Crippen LogP contribution in [0.1, 0.15) is 40.5 Å². The molecular weight excluding hydrogens is 253 g/mol. The van der Waals surface area contributed by atoms with Gasteiger partial charge in [-0.3, -0.25) is 4.90 Å². The van der Waals surface area contributed by atoms with Crippen molar-refractivity contribution >= 4 is 12.1 Å². The summed E-state index contributed by atoms with van der Waals surface area (Å²) in [5.41, 5.74) is -1.01. The molecule has 0 atom stereocenters. The molecule has 0 spiro atoms. The van der Waals surface area contributed by atoms with E-state index in [1.54, 1.807) is 20.8 Å². The molecule has 0 aromatic heterocycles. The number of ether oxygens (including phenoxy) is 1. The fourth-order valence-electron chi connectivity index (χ4n) is 1.54. The highest BCUT2D eigenvalue weighted by Crippen LogP contribution is 2.41. The van der Waals surface area contributed by atoms with Crippen molar-refractivity contribution < 1.29 is 23.8 Å². The van der Waals surface area contributed by atoms with E-state index < -0.39 is 23.5 Å². The van der Waals surface area contributed by atoms with Crippen LogP contribution in [0.4, 0.5) is 9.18 Å². The molecule has 1 N–H and O–H groups in total. The number of carbonyl (C=O) groups excluding carboxylic acids is 1. The van der Waals surface area contributed by atoms with Gasteiger partial charge in [-0.15, -0.1) is 0 Å². The maximum Gasteiger partial charge on any atom is 0.411 e. The Bertz CT molecular complexity index is 407. The molecule has 0 radical (unpaired) electrons. The monoisotopic (exact) mass is 273 g/mol. The summed E-state index contributed by atoms with van der Waals surface area (Å²) < 4.78 is 18.2. The number of rotatable bonds is 4. The predicted octanol–water partition coefficient (Wildman–Crippen LogP) is 2.71. The van der Waals surface area contributed by atoms with Crippen LogP contribution in [0, 0.1) is 0 Å². The third-order valence-electron chi connectivity index (χ3n) is 2.90. The normalized spacial score (nSPS) is 17.8. The molecule has 0 aromatic carbocycles. The number of carbonyl (C=O) groups is 2. The third-order valence-corrected chi connectivity index (χ3v) is 2.90. The molecule has 1 aliphatic carbocycles. The summed E-state index contributed by atoms with van der Waals surface area (Å²) in [5.74, 6) is -2.90. The number of hydrogen-bond donors (Lipinski definition) is 1. The summed E-state index contributed by atoms with van der Waals surface area (Å²) in [6.45, 7) is 6.98. The first kappa shape index (κ1) is 15.5. The van der Waals surface area contributed by atoms with Gasteiger partial charge in [-0.1, -0.05) is 0 Å². The summed E-state index contributed by atoms with van der Waals surface area (Å²) >= 11 is 0. The number of carboxylic acids is 1. The summed E-state index contributed by atoms with van der Waals surface area (Å²) in [6, 6.07) is 0. The van der Waals surface area contributed by atoms with Crippen molar-refractivity contribution in [1.29, 1.82) is 0 Å². The van der Waals surface area contributed by atoms with Crippen LogP contribution in [0.5, 0.6) is 0 Å². The summed E-state index contributed by atoms with van der Waals surface area (Å²) in [7, 11) is 0. The fourth-order valence-corrected chi connectivity index (χ4v) is 1.54. The highest BCUT2D eigenvalue weighted by molar-refractivity contribution is 5.84. The van der Waals surface area contributed by atoms with E-state index in [2.05, 4.69) is 0 Å². The molecule has 108 valence electrons. The Balaban J connectivity index is 2.77. The molecule has 1 saturated carbocycles. The van der Waals surface area contributed by atoms with Crippen LogP contribution >= 0.6 is 0 Å². The first-order chi connectivity index (χ1) is 8.55. The van der Waals surface area contributed by atoms with E-state index in [0.717, 1.165) is 18.9 Å². The van der Waals surface area contributed by atoms with Crippen LogP contribution in [0.15, 0.2) is 11.9 Å². The van der Waals surface area contributed by atoms with Gasteiger partial charge in [0.05, 0.1) is 0 Å². The van der Waals surface area contributed by atoms with Gasteiger partial charge in [0.15, 0.2) is 0 Å². The minimum Gasteiger partial charge on any atom is -0.476 e. The Labute approximate surface area is 112 Å². The molecule has 6 heteroatoms. The van der Waals surface area contributed by atoms with Crippen molar-refractivity contribution in [2.24, 2.45) is 0 Å².